The van der Waals surface area contributed by atoms with E-state index in [4.69, 9.17) is 14.2 Å². The second kappa shape index (κ2) is 10.8. The molecule has 0 aromatic heterocycles. The number of fused-ring (bicyclic) bond motifs is 3. The highest BCUT2D eigenvalue weighted by atomic mass is 16.5. The fourth-order valence-electron chi connectivity index (χ4n) is 6.16. The van der Waals surface area contributed by atoms with Crippen molar-refractivity contribution in [3.63, 3.8) is 0 Å². The Morgan fingerprint density at radius 2 is 1.82 bits per heavy atom. The highest BCUT2D eigenvalue weighted by molar-refractivity contribution is 5.93. The van der Waals surface area contributed by atoms with Gasteiger partial charge in [0.15, 0.2) is 0 Å². The van der Waals surface area contributed by atoms with Crippen molar-refractivity contribution in [3.05, 3.63) is 58.7 Å². The van der Waals surface area contributed by atoms with E-state index in [0.29, 0.717) is 61.9 Å². The summed E-state index contributed by atoms with van der Waals surface area (Å²) in [6.45, 7) is 15.5. The maximum absolute atomic E-state index is 13.9. The Morgan fingerprint density at radius 3 is 2.39 bits per heavy atom. The van der Waals surface area contributed by atoms with Crippen LogP contribution in [0.2, 0.25) is 0 Å². The molecule has 0 unspecified atom stereocenters. The lowest BCUT2D eigenvalue weighted by Crippen LogP contribution is -2.54. The normalized spacial score (nSPS) is 22.5. The van der Waals surface area contributed by atoms with E-state index in [1.165, 1.54) is 0 Å². The first-order chi connectivity index (χ1) is 18.1. The molecule has 38 heavy (non-hydrogen) atoms. The van der Waals surface area contributed by atoms with Crippen LogP contribution in [0.4, 0.5) is 4.79 Å². The number of benzene rings is 1. The summed E-state index contributed by atoms with van der Waals surface area (Å²) in [7, 11) is 3.32. The second-order valence-corrected chi connectivity index (χ2v) is 10.6. The maximum Gasteiger partial charge on any atom is 0.325 e. The molecule has 1 aromatic carbocycles. The van der Waals surface area contributed by atoms with Crippen LogP contribution in [0.25, 0.3) is 0 Å². The third-order valence-corrected chi connectivity index (χ3v) is 8.14. The van der Waals surface area contributed by atoms with Crippen molar-refractivity contribution in [1.29, 1.82) is 0 Å². The molecule has 3 amide bonds. The van der Waals surface area contributed by atoms with Crippen LogP contribution in [0.15, 0.2) is 47.6 Å². The lowest BCUT2D eigenvalue weighted by atomic mass is 9.80. The molecule has 1 atom stereocenters. The topological polar surface area (TPSA) is 71.5 Å². The Balaban J connectivity index is 1.66. The van der Waals surface area contributed by atoms with Gasteiger partial charge in [-0.2, -0.15) is 0 Å². The van der Waals surface area contributed by atoms with E-state index in [-0.39, 0.29) is 17.9 Å². The van der Waals surface area contributed by atoms with Crippen molar-refractivity contribution < 1.29 is 23.8 Å². The van der Waals surface area contributed by atoms with Crippen LogP contribution in [0, 0.1) is 5.92 Å². The molecule has 0 radical (unpaired) electrons. The van der Waals surface area contributed by atoms with Gasteiger partial charge in [0, 0.05) is 31.4 Å². The molecule has 2 fully saturated rings. The molecule has 4 rings (SSSR count). The van der Waals surface area contributed by atoms with Crippen LogP contribution in [0.3, 0.4) is 0 Å². The average molecular weight is 524 g/mol. The van der Waals surface area contributed by atoms with Gasteiger partial charge in [0.25, 0.3) is 5.91 Å². The number of piperidine rings is 1. The van der Waals surface area contributed by atoms with E-state index in [0.717, 1.165) is 29.0 Å². The summed E-state index contributed by atoms with van der Waals surface area (Å²) >= 11 is 0. The van der Waals surface area contributed by atoms with Crippen molar-refractivity contribution >= 4 is 11.9 Å². The molecule has 206 valence electrons. The minimum absolute atomic E-state index is 0.0159. The van der Waals surface area contributed by atoms with E-state index in [2.05, 4.69) is 19.6 Å². The lowest BCUT2D eigenvalue weighted by Gasteiger charge is -2.44. The number of rotatable bonds is 6. The summed E-state index contributed by atoms with van der Waals surface area (Å²) in [4.78, 5) is 33.0. The quantitative estimate of drug-likeness (QED) is 0.377. The molecule has 3 aliphatic rings. The standard InChI is InChI=1S/C30H41N3O5/c1-9-33-29(35)32-18-23-16-24(36-7)17-26(37-8)25(23)14-20(4)15-27(32)30(33)10-12-31(13-11-30)28(34)21(5)22(6)38-19(2)3/h15-17,20H,2,9-14,18H2,1,3-8H3/b22-21+,27-15-/t20-/m1/s1. The number of hydrogen-bond donors (Lipinski definition) is 0. The Morgan fingerprint density at radius 1 is 1.13 bits per heavy atom. The number of allylic oxidation sites excluding steroid dienone is 3. The molecule has 3 heterocycles. The van der Waals surface area contributed by atoms with Gasteiger partial charge in [-0.3, -0.25) is 9.69 Å². The zero-order valence-corrected chi connectivity index (χ0v) is 23.8. The van der Waals surface area contributed by atoms with Gasteiger partial charge in [0.05, 0.1) is 37.6 Å². The van der Waals surface area contributed by atoms with Crippen molar-refractivity contribution in [1.82, 2.24) is 14.7 Å². The third-order valence-electron chi connectivity index (χ3n) is 8.14. The minimum atomic E-state index is -0.432. The summed E-state index contributed by atoms with van der Waals surface area (Å²) in [5.74, 6) is 2.80. The summed E-state index contributed by atoms with van der Waals surface area (Å²) in [6, 6.07) is 3.95. The van der Waals surface area contributed by atoms with Gasteiger partial charge in [0.2, 0.25) is 0 Å². The van der Waals surface area contributed by atoms with E-state index in [1.807, 2.05) is 33.8 Å². The summed E-state index contributed by atoms with van der Waals surface area (Å²) < 4.78 is 16.8. The van der Waals surface area contributed by atoms with E-state index in [9.17, 15) is 9.59 Å². The Kier molecular flexibility index (Phi) is 7.81. The predicted molar refractivity (Wildman–Crippen MR) is 147 cm³/mol. The number of carbonyl (C=O) groups is 2. The summed E-state index contributed by atoms with van der Waals surface area (Å²) in [5, 5.41) is 0. The van der Waals surface area contributed by atoms with Gasteiger partial charge in [-0.1, -0.05) is 19.6 Å². The minimum Gasteiger partial charge on any atom is -0.497 e. The number of amides is 3. The van der Waals surface area contributed by atoms with Gasteiger partial charge in [-0.25, -0.2) is 4.79 Å². The second-order valence-electron chi connectivity index (χ2n) is 10.6. The smallest absolute Gasteiger partial charge is 0.325 e. The maximum atomic E-state index is 13.9. The van der Waals surface area contributed by atoms with Crippen molar-refractivity contribution in [2.75, 3.05) is 33.9 Å². The van der Waals surface area contributed by atoms with Gasteiger partial charge in [-0.05, 0) is 70.1 Å². The van der Waals surface area contributed by atoms with E-state index >= 15 is 0 Å². The SMILES string of the molecule is C=C(C)O/C(C)=C(\C)C(=O)N1CCC2(CC1)/C1=C/[C@H](C)Cc3c(cc(OC)cc3OC)CN1C(=O)N2CC. The molecule has 2 saturated heterocycles. The Hall–Kier alpha value is -3.42. The van der Waals surface area contributed by atoms with Crippen molar-refractivity contribution in [2.24, 2.45) is 5.92 Å². The molecule has 0 bridgehead atoms. The molecule has 3 aliphatic heterocycles. The zero-order chi connectivity index (χ0) is 27.8. The van der Waals surface area contributed by atoms with E-state index < -0.39 is 5.54 Å². The van der Waals surface area contributed by atoms with Crippen LogP contribution in [0.1, 0.15) is 58.6 Å². The Labute approximate surface area is 226 Å². The van der Waals surface area contributed by atoms with Crippen LogP contribution < -0.4 is 9.47 Å². The number of likely N-dealkylation sites (tertiary alicyclic amines) is 1. The molecular formula is C30H41N3O5. The molecule has 0 N–H and O–H groups in total. The largest absolute Gasteiger partial charge is 0.497 e. The monoisotopic (exact) mass is 523 g/mol. The third kappa shape index (κ3) is 4.76. The predicted octanol–water partition coefficient (Wildman–Crippen LogP) is 5.24. The molecule has 1 aromatic rings. The van der Waals surface area contributed by atoms with Gasteiger partial charge in [0.1, 0.15) is 17.3 Å². The first-order valence-corrected chi connectivity index (χ1v) is 13.4. The van der Waals surface area contributed by atoms with Gasteiger partial charge in [-0.15, -0.1) is 0 Å². The van der Waals surface area contributed by atoms with Crippen LogP contribution in [-0.4, -0.2) is 66.0 Å². The number of carbonyl (C=O) groups excluding carboxylic acids is 2. The molecule has 8 nitrogen and oxygen atoms in total. The van der Waals surface area contributed by atoms with Gasteiger partial charge >= 0.3 is 6.03 Å². The molecule has 1 spiro atoms. The molecule has 0 aliphatic carbocycles. The summed E-state index contributed by atoms with van der Waals surface area (Å²) in [5.41, 5.74) is 3.37. The van der Waals surface area contributed by atoms with Crippen LogP contribution in [0.5, 0.6) is 11.5 Å². The number of likely N-dealkylation sites (N-methyl/N-ethyl adjacent to an activating group) is 1. The average Bonchev–Trinajstić information content (AvgIpc) is 3.08. The molecule has 8 heteroatoms. The summed E-state index contributed by atoms with van der Waals surface area (Å²) in [6.07, 6.45) is 4.46. The molecule has 0 saturated carbocycles. The van der Waals surface area contributed by atoms with Crippen LogP contribution in [-0.2, 0) is 22.5 Å². The molecular weight excluding hydrogens is 482 g/mol. The highest BCUT2D eigenvalue weighted by Crippen LogP contribution is 2.47. The van der Waals surface area contributed by atoms with Crippen molar-refractivity contribution in [2.45, 2.75) is 66.0 Å². The fourth-order valence-corrected chi connectivity index (χ4v) is 6.16. The van der Waals surface area contributed by atoms with E-state index in [1.54, 1.807) is 35.0 Å². The highest BCUT2D eigenvalue weighted by Gasteiger charge is 2.54. The number of methoxy groups -OCH3 is 2. The number of nitrogens with zero attached hydrogens (tertiary/aromatic N) is 3. The lowest BCUT2D eigenvalue weighted by molar-refractivity contribution is -0.129. The van der Waals surface area contributed by atoms with Crippen molar-refractivity contribution in [3.8, 4) is 11.5 Å². The van der Waals surface area contributed by atoms with Crippen LogP contribution >= 0.6 is 0 Å². The first kappa shape index (κ1) is 27.6. The first-order valence-electron chi connectivity index (χ1n) is 13.4. The van der Waals surface area contributed by atoms with Gasteiger partial charge < -0.3 is 24.0 Å². The number of ether oxygens (including phenoxy) is 3. The number of hydrogen-bond acceptors (Lipinski definition) is 5. The Bertz CT molecular complexity index is 1190. The number of urea groups is 1. The fraction of sp³-hybridized carbons (Fsp3) is 0.533. The zero-order valence-electron chi connectivity index (χ0n) is 23.8.